The van der Waals surface area contributed by atoms with E-state index < -0.39 is 18.0 Å². The molecule has 23 heavy (non-hydrogen) atoms. The molecule has 124 valence electrons. The number of halogens is 2. The van der Waals surface area contributed by atoms with Crippen molar-refractivity contribution in [1.82, 2.24) is 10.6 Å². The summed E-state index contributed by atoms with van der Waals surface area (Å²) in [6.45, 7) is 3.58. The molecular formula is C15H16Cl2N2O4. The van der Waals surface area contributed by atoms with E-state index in [2.05, 4.69) is 10.6 Å². The van der Waals surface area contributed by atoms with Gasteiger partial charge in [0.1, 0.15) is 12.4 Å². The Bertz CT molecular complexity index is 661. The van der Waals surface area contributed by atoms with Crippen molar-refractivity contribution in [3.63, 3.8) is 0 Å². The highest BCUT2D eigenvalue weighted by Gasteiger charge is 2.30. The molecule has 2 amide bonds. The fraction of sp³-hybridized carbons (Fsp3) is 0.333. The third kappa shape index (κ3) is 4.30. The first kappa shape index (κ1) is 17.4. The van der Waals surface area contributed by atoms with Gasteiger partial charge in [0.25, 0.3) is 0 Å². The van der Waals surface area contributed by atoms with Crippen molar-refractivity contribution in [3.05, 3.63) is 39.5 Å². The normalized spacial score (nSPS) is 17.4. The van der Waals surface area contributed by atoms with E-state index in [0.29, 0.717) is 27.1 Å². The van der Waals surface area contributed by atoms with Crippen molar-refractivity contribution in [2.75, 3.05) is 13.2 Å². The van der Waals surface area contributed by atoms with Gasteiger partial charge in [-0.2, -0.15) is 0 Å². The second-order valence-corrected chi connectivity index (χ2v) is 5.64. The minimum atomic E-state index is -0.511. The van der Waals surface area contributed by atoms with Crippen LogP contribution < -0.4 is 15.4 Å². The van der Waals surface area contributed by atoms with Gasteiger partial charge < -0.3 is 20.1 Å². The van der Waals surface area contributed by atoms with Crippen LogP contribution in [0.1, 0.15) is 13.8 Å². The van der Waals surface area contributed by atoms with E-state index in [1.165, 1.54) is 0 Å². The zero-order chi connectivity index (χ0) is 17.0. The quantitative estimate of drug-likeness (QED) is 0.793. The fourth-order valence-corrected chi connectivity index (χ4v) is 2.47. The Labute approximate surface area is 143 Å². The van der Waals surface area contributed by atoms with Crippen LogP contribution in [0, 0.1) is 0 Å². The second kappa shape index (κ2) is 7.57. The summed E-state index contributed by atoms with van der Waals surface area (Å²) < 4.78 is 10.6. The zero-order valence-corrected chi connectivity index (χ0v) is 14.1. The number of carbonyl (C=O) groups excluding carboxylic acids is 2. The molecule has 6 nitrogen and oxygen atoms in total. The van der Waals surface area contributed by atoms with Crippen LogP contribution in [0.4, 0.5) is 4.79 Å². The molecule has 0 bridgehead atoms. The number of esters is 1. The first-order valence-electron chi connectivity index (χ1n) is 6.98. The number of urea groups is 1. The van der Waals surface area contributed by atoms with Crippen LogP contribution in [0.15, 0.2) is 29.5 Å². The van der Waals surface area contributed by atoms with Crippen molar-refractivity contribution < 1.29 is 19.1 Å². The maximum atomic E-state index is 12.1. The standard InChI is InChI=1S/C15H16Cl2N2O4/c1-3-22-14(20)13-8(2)18-15(21)19-11(13)7-23-12-6-9(16)4-5-10(12)17/h4-6,8H,3,7H2,1-2H3,(H2,18,19,21)/t8-/m0/s1. The lowest BCUT2D eigenvalue weighted by molar-refractivity contribution is -0.139. The Morgan fingerprint density at radius 2 is 2.09 bits per heavy atom. The molecule has 0 radical (unpaired) electrons. The largest absolute Gasteiger partial charge is 0.486 e. The van der Waals surface area contributed by atoms with Gasteiger partial charge in [-0.1, -0.05) is 23.2 Å². The van der Waals surface area contributed by atoms with Gasteiger partial charge in [0.05, 0.1) is 28.9 Å². The molecule has 0 aromatic heterocycles. The summed E-state index contributed by atoms with van der Waals surface area (Å²) in [6, 6.07) is 3.89. The molecule has 1 aliphatic heterocycles. The lowest BCUT2D eigenvalue weighted by Crippen LogP contribution is -2.50. The highest BCUT2D eigenvalue weighted by atomic mass is 35.5. The monoisotopic (exact) mass is 358 g/mol. The Balaban J connectivity index is 2.24. The van der Waals surface area contributed by atoms with Gasteiger partial charge in [-0.25, -0.2) is 9.59 Å². The molecule has 1 atom stereocenters. The van der Waals surface area contributed by atoms with E-state index >= 15 is 0 Å². The summed E-state index contributed by atoms with van der Waals surface area (Å²) in [5.41, 5.74) is 0.639. The Morgan fingerprint density at radius 1 is 1.35 bits per heavy atom. The SMILES string of the molecule is CCOC(=O)C1=C(COc2cc(Cl)ccc2Cl)NC(=O)N[C@H]1C. The van der Waals surface area contributed by atoms with Crippen LogP contribution in [-0.2, 0) is 9.53 Å². The molecule has 0 fully saturated rings. The first-order valence-corrected chi connectivity index (χ1v) is 7.73. The van der Waals surface area contributed by atoms with Crippen LogP contribution in [0.2, 0.25) is 10.0 Å². The van der Waals surface area contributed by atoms with Gasteiger partial charge in [0, 0.05) is 11.1 Å². The van der Waals surface area contributed by atoms with E-state index in [4.69, 9.17) is 32.7 Å². The van der Waals surface area contributed by atoms with Crippen LogP contribution >= 0.6 is 23.2 Å². The van der Waals surface area contributed by atoms with E-state index in [1.807, 2.05) is 0 Å². The maximum absolute atomic E-state index is 12.1. The van der Waals surface area contributed by atoms with E-state index in [1.54, 1.807) is 32.0 Å². The molecule has 1 aliphatic rings. The van der Waals surface area contributed by atoms with E-state index in [9.17, 15) is 9.59 Å². The molecule has 0 spiro atoms. The Kier molecular flexibility index (Phi) is 5.74. The second-order valence-electron chi connectivity index (χ2n) is 4.80. The number of hydrogen-bond acceptors (Lipinski definition) is 4. The van der Waals surface area contributed by atoms with E-state index in [0.717, 1.165) is 0 Å². The molecule has 1 heterocycles. The summed E-state index contributed by atoms with van der Waals surface area (Å²) in [6.07, 6.45) is 0. The van der Waals surface area contributed by atoms with Crippen molar-refractivity contribution in [2.45, 2.75) is 19.9 Å². The number of ether oxygens (including phenoxy) is 2. The predicted molar refractivity (Wildman–Crippen MR) is 86.7 cm³/mol. The van der Waals surface area contributed by atoms with Gasteiger partial charge in [-0.05, 0) is 26.0 Å². The summed E-state index contributed by atoms with van der Waals surface area (Å²) in [5.74, 6) is -0.154. The van der Waals surface area contributed by atoms with Crippen LogP contribution in [0.25, 0.3) is 0 Å². The minimum Gasteiger partial charge on any atom is -0.486 e. The highest BCUT2D eigenvalue weighted by molar-refractivity contribution is 6.34. The molecule has 0 aliphatic carbocycles. The molecule has 0 unspecified atom stereocenters. The van der Waals surface area contributed by atoms with Gasteiger partial charge in [-0.15, -0.1) is 0 Å². The minimum absolute atomic E-state index is 0.0496. The number of nitrogens with one attached hydrogen (secondary N) is 2. The average Bonchev–Trinajstić information content (AvgIpc) is 2.47. The molecule has 0 saturated heterocycles. The zero-order valence-electron chi connectivity index (χ0n) is 12.6. The van der Waals surface area contributed by atoms with Gasteiger partial charge >= 0.3 is 12.0 Å². The Morgan fingerprint density at radius 3 is 2.78 bits per heavy atom. The number of benzene rings is 1. The third-order valence-corrected chi connectivity index (χ3v) is 3.68. The van der Waals surface area contributed by atoms with Crippen molar-refractivity contribution >= 4 is 35.2 Å². The topological polar surface area (TPSA) is 76.7 Å². The molecule has 0 saturated carbocycles. The number of carbonyl (C=O) groups is 2. The van der Waals surface area contributed by atoms with Gasteiger partial charge in [-0.3, -0.25) is 0 Å². The predicted octanol–water partition coefficient (Wildman–Crippen LogP) is 2.89. The highest BCUT2D eigenvalue weighted by Crippen LogP contribution is 2.28. The summed E-state index contributed by atoms with van der Waals surface area (Å²) in [4.78, 5) is 23.7. The van der Waals surface area contributed by atoms with Gasteiger partial charge in [0.2, 0.25) is 0 Å². The summed E-state index contributed by atoms with van der Waals surface area (Å²) >= 11 is 11.9. The maximum Gasteiger partial charge on any atom is 0.338 e. The fourth-order valence-electron chi connectivity index (χ4n) is 2.13. The van der Waals surface area contributed by atoms with Crippen LogP contribution in [-0.4, -0.2) is 31.3 Å². The summed E-state index contributed by atoms with van der Waals surface area (Å²) in [5, 5.41) is 6.01. The Hall–Kier alpha value is -1.92. The number of hydrogen-bond donors (Lipinski definition) is 2. The molecule has 8 heteroatoms. The van der Waals surface area contributed by atoms with Crippen molar-refractivity contribution in [2.24, 2.45) is 0 Å². The average molecular weight is 359 g/mol. The van der Waals surface area contributed by atoms with Gasteiger partial charge in [0.15, 0.2) is 0 Å². The third-order valence-electron chi connectivity index (χ3n) is 3.13. The van der Waals surface area contributed by atoms with E-state index in [-0.39, 0.29) is 13.2 Å². The molecule has 1 aromatic carbocycles. The molecule has 1 aromatic rings. The summed E-state index contributed by atoms with van der Waals surface area (Å²) in [7, 11) is 0. The van der Waals surface area contributed by atoms with Crippen LogP contribution in [0.3, 0.4) is 0 Å². The molecule has 2 N–H and O–H groups in total. The lowest BCUT2D eigenvalue weighted by atomic mass is 10.0. The van der Waals surface area contributed by atoms with Crippen molar-refractivity contribution in [3.8, 4) is 5.75 Å². The number of amides is 2. The number of rotatable bonds is 5. The smallest absolute Gasteiger partial charge is 0.338 e. The molecular weight excluding hydrogens is 343 g/mol. The van der Waals surface area contributed by atoms with Crippen LogP contribution in [0.5, 0.6) is 5.75 Å². The van der Waals surface area contributed by atoms with Crippen molar-refractivity contribution in [1.29, 1.82) is 0 Å². The molecule has 2 rings (SSSR count). The first-order chi connectivity index (χ1) is 10.9. The lowest BCUT2D eigenvalue weighted by Gasteiger charge is -2.26.